The number of anilines is 1. The van der Waals surface area contributed by atoms with E-state index in [4.69, 9.17) is 0 Å². The van der Waals surface area contributed by atoms with E-state index in [2.05, 4.69) is 15.6 Å². The molecule has 1 aromatic heterocycles. The number of carbonyl (C=O) groups is 1. The maximum atomic E-state index is 12.3. The Labute approximate surface area is 145 Å². The third kappa shape index (κ3) is 4.00. The number of amides is 1. The highest BCUT2D eigenvalue weighted by atomic mass is 32.2. The Kier molecular flexibility index (Phi) is 4.98. The van der Waals surface area contributed by atoms with Crippen LogP contribution in [0.3, 0.4) is 0 Å². The first-order valence-electron chi connectivity index (χ1n) is 7.71. The van der Waals surface area contributed by atoms with Gasteiger partial charge in [-0.15, -0.1) is 11.3 Å². The van der Waals surface area contributed by atoms with Crippen LogP contribution in [0.5, 0.6) is 0 Å². The normalized spacial score (nSPS) is 16.0. The number of rotatable bonds is 4. The summed E-state index contributed by atoms with van der Waals surface area (Å²) in [5, 5.41) is 6.68. The van der Waals surface area contributed by atoms with E-state index in [1.54, 1.807) is 0 Å². The van der Waals surface area contributed by atoms with Gasteiger partial charge in [-0.3, -0.25) is 10.1 Å². The number of sulfone groups is 1. The third-order valence-corrected chi connectivity index (χ3v) is 6.23. The van der Waals surface area contributed by atoms with E-state index in [-0.39, 0.29) is 10.8 Å². The summed E-state index contributed by atoms with van der Waals surface area (Å²) in [4.78, 5) is 17.9. The topological polar surface area (TPSA) is 88.2 Å². The summed E-state index contributed by atoms with van der Waals surface area (Å²) >= 11 is 1.50. The van der Waals surface area contributed by atoms with Crippen LogP contribution in [0.2, 0.25) is 0 Å². The van der Waals surface area contributed by atoms with E-state index in [0.29, 0.717) is 16.6 Å². The van der Waals surface area contributed by atoms with Gasteiger partial charge in [0.2, 0.25) is 0 Å². The number of hydrogen-bond acceptors (Lipinski definition) is 6. The number of benzene rings is 1. The standard InChI is InChI=1S/C16H19N3O3S2/c1-24(21,22)13-4-2-12(3-5-13)15(20)19-16-18-10-14(23-16)11-6-8-17-9-7-11/h2-5,10-11,17H,6-9H2,1H3,(H,18,19,20). The zero-order valence-corrected chi connectivity index (χ0v) is 14.9. The second-order valence-electron chi connectivity index (χ2n) is 5.84. The number of nitrogens with zero attached hydrogens (tertiary/aromatic N) is 1. The fraction of sp³-hybridized carbons (Fsp3) is 0.375. The smallest absolute Gasteiger partial charge is 0.257 e. The Hall–Kier alpha value is -1.77. The van der Waals surface area contributed by atoms with Crippen LogP contribution in [-0.4, -0.2) is 38.7 Å². The van der Waals surface area contributed by atoms with Crippen molar-refractivity contribution < 1.29 is 13.2 Å². The van der Waals surface area contributed by atoms with Gasteiger partial charge in [-0.1, -0.05) is 0 Å². The maximum absolute atomic E-state index is 12.3. The van der Waals surface area contributed by atoms with Gasteiger partial charge < -0.3 is 5.32 Å². The molecule has 0 bridgehead atoms. The predicted molar refractivity (Wildman–Crippen MR) is 94.5 cm³/mol. The molecule has 6 nitrogen and oxygen atoms in total. The molecule has 1 saturated heterocycles. The molecule has 1 aliphatic heterocycles. The number of piperidine rings is 1. The number of hydrogen-bond donors (Lipinski definition) is 2. The molecule has 24 heavy (non-hydrogen) atoms. The number of thiazole rings is 1. The average molecular weight is 365 g/mol. The van der Waals surface area contributed by atoms with Crippen LogP contribution in [0.15, 0.2) is 35.4 Å². The molecule has 2 N–H and O–H groups in total. The van der Waals surface area contributed by atoms with Crippen molar-refractivity contribution >= 4 is 32.2 Å². The molecule has 0 spiro atoms. The highest BCUT2D eigenvalue weighted by Gasteiger charge is 2.18. The minimum absolute atomic E-state index is 0.196. The first-order valence-corrected chi connectivity index (χ1v) is 10.4. The maximum Gasteiger partial charge on any atom is 0.257 e. The average Bonchev–Trinajstić information content (AvgIpc) is 3.03. The van der Waals surface area contributed by atoms with Gasteiger partial charge in [0.1, 0.15) is 0 Å². The second kappa shape index (κ2) is 7.00. The van der Waals surface area contributed by atoms with Crippen molar-refractivity contribution in [1.29, 1.82) is 0 Å². The summed E-state index contributed by atoms with van der Waals surface area (Å²) in [6.45, 7) is 2.02. The fourth-order valence-electron chi connectivity index (χ4n) is 2.66. The van der Waals surface area contributed by atoms with Gasteiger partial charge in [0, 0.05) is 22.9 Å². The summed E-state index contributed by atoms with van der Waals surface area (Å²) in [6.07, 6.45) is 5.15. The molecular weight excluding hydrogens is 346 g/mol. The van der Waals surface area contributed by atoms with Crippen LogP contribution >= 0.6 is 11.3 Å². The van der Waals surface area contributed by atoms with Crippen LogP contribution in [0.1, 0.15) is 34.0 Å². The van der Waals surface area contributed by atoms with Crippen LogP contribution < -0.4 is 10.6 Å². The van der Waals surface area contributed by atoms with Gasteiger partial charge >= 0.3 is 0 Å². The van der Waals surface area contributed by atoms with E-state index in [1.165, 1.54) is 40.5 Å². The van der Waals surface area contributed by atoms with Gasteiger partial charge in [0.25, 0.3) is 5.91 Å². The first kappa shape index (κ1) is 17.1. The quantitative estimate of drug-likeness (QED) is 0.868. The highest BCUT2D eigenvalue weighted by molar-refractivity contribution is 7.90. The van der Waals surface area contributed by atoms with Crippen molar-refractivity contribution in [3.05, 3.63) is 40.9 Å². The molecule has 0 atom stereocenters. The Morgan fingerprint density at radius 1 is 1.25 bits per heavy atom. The SMILES string of the molecule is CS(=O)(=O)c1ccc(C(=O)Nc2ncc(C3CCNCC3)s2)cc1. The van der Waals surface area contributed by atoms with Crippen LogP contribution in [-0.2, 0) is 9.84 Å². The van der Waals surface area contributed by atoms with Crippen LogP contribution in [0.4, 0.5) is 5.13 Å². The molecule has 128 valence electrons. The second-order valence-corrected chi connectivity index (χ2v) is 8.92. The highest BCUT2D eigenvalue weighted by Crippen LogP contribution is 2.31. The molecule has 8 heteroatoms. The van der Waals surface area contributed by atoms with Crippen molar-refractivity contribution in [1.82, 2.24) is 10.3 Å². The lowest BCUT2D eigenvalue weighted by atomic mass is 9.97. The zero-order chi connectivity index (χ0) is 17.2. The molecule has 1 fully saturated rings. The van der Waals surface area contributed by atoms with Gasteiger partial charge in [-0.25, -0.2) is 13.4 Å². The summed E-state index contributed by atoms with van der Waals surface area (Å²) < 4.78 is 22.9. The van der Waals surface area contributed by atoms with E-state index in [1.807, 2.05) is 6.20 Å². The predicted octanol–water partition coefficient (Wildman–Crippen LogP) is 2.27. The Morgan fingerprint density at radius 2 is 1.92 bits per heavy atom. The Bertz CT molecular complexity index is 823. The molecule has 0 aliphatic carbocycles. The fourth-order valence-corrected chi connectivity index (χ4v) is 4.27. The summed E-state index contributed by atoms with van der Waals surface area (Å²) in [6, 6.07) is 5.89. The monoisotopic (exact) mass is 365 g/mol. The molecular formula is C16H19N3O3S2. The molecule has 1 aromatic carbocycles. The number of aromatic nitrogens is 1. The first-order chi connectivity index (χ1) is 11.4. The molecule has 2 aromatic rings. The molecule has 0 unspecified atom stereocenters. The lowest BCUT2D eigenvalue weighted by Crippen LogP contribution is -2.26. The minimum atomic E-state index is -3.26. The van der Waals surface area contributed by atoms with Crippen molar-refractivity contribution in [2.75, 3.05) is 24.7 Å². The Balaban J connectivity index is 1.67. The van der Waals surface area contributed by atoms with Gasteiger partial charge in [-0.05, 0) is 56.1 Å². The molecule has 2 heterocycles. The molecule has 3 rings (SSSR count). The van der Waals surface area contributed by atoms with Crippen LogP contribution in [0.25, 0.3) is 0 Å². The van der Waals surface area contributed by atoms with Gasteiger partial charge in [0.05, 0.1) is 4.90 Å². The van der Waals surface area contributed by atoms with E-state index in [0.717, 1.165) is 32.2 Å². The largest absolute Gasteiger partial charge is 0.317 e. The summed E-state index contributed by atoms with van der Waals surface area (Å²) in [5.41, 5.74) is 0.404. The third-order valence-electron chi connectivity index (χ3n) is 4.03. The molecule has 0 radical (unpaired) electrons. The van der Waals surface area contributed by atoms with Crippen molar-refractivity contribution in [2.24, 2.45) is 0 Å². The minimum Gasteiger partial charge on any atom is -0.317 e. The number of nitrogens with one attached hydrogen (secondary N) is 2. The van der Waals surface area contributed by atoms with Crippen molar-refractivity contribution in [3.63, 3.8) is 0 Å². The van der Waals surface area contributed by atoms with E-state index in [9.17, 15) is 13.2 Å². The summed E-state index contributed by atoms with van der Waals surface area (Å²) in [5.74, 6) is 0.213. The molecule has 0 saturated carbocycles. The van der Waals surface area contributed by atoms with E-state index >= 15 is 0 Å². The lowest BCUT2D eigenvalue weighted by molar-refractivity contribution is 0.102. The number of carbonyl (C=O) groups excluding carboxylic acids is 1. The zero-order valence-electron chi connectivity index (χ0n) is 13.3. The van der Waals surface area contributed by atoms with Crippen LogP contribution in [0, 0.1) is 0 Å². The summed E-state index contributed by atoms with van der Waals surface area (Å²) in [7, 11) is -3.26. The van der Waals surface area contributed by atoms with Crippen molar-refractivity contribution in [3.8, 4) is 0 Å². The molecule has 1 amide bonds. The Morgan fingerprint density at radius 3 is 2.54 bits per heavy atom. The van der Waals surface area contributed by atoms with Gasteiger partial charge in [-0.2, -0.15) is 0 Å². The van der Waals surface area contributed by atoms with Gasteiger partial charge in [0.15, 0.2) is 15.0 Å². The van der Waals surface area contributed by atoms with E-state index < -0.39 is 9.84 Å². The molecule has 1 aliphatic rings. The van der Waals surface area contributed by atoms with Crippen molar-refractivity contribution in [2.45, 2.75) is 23.7 Å². The lowest BCUT2D eigenvalue weighted by Gasteiger charge is -2.20.